The van der Waals surface area contributed by atoms with Crippen LogP contribution >= 0.6 is 11.3 Å². The van der Waals surface area contributed by atoms with Gasteiger partial charge in [-0.25, -0.2) is 17.7 Å². The number of amides is 1. The number of benzene rings is 1. The Morgan fingerprint density at radius 2 is 2.09 bits per heavy atom. The number of hydrogen-bond acceptors (Lipinski definition) is 5. The van der Waals surface area contributed by atoms with E-state index in [1.165, 1.54) is 11.4 Å². The Morgan fingerprint density at radius 1 is 1.36 bits per heavy atom. The normalized spacial score (nSPS) is 12.0. The van der Waals surface area contributed by atoms with Crippen LogP contribution in [0.15, 0.2) is 24.3 Å². The Bertz CT molecular complexity index is 723. The zero-order valence-electron chi connectivity index (χ0n) is 12.6. The van der Waals surface area contributed by atoms with Gasteiger partial charge in [0.15, 0.2) is 0 Å². The van der Waals surface area contributed by atoms with Gasteiger partial charge in [-0.3, -0.25) is 4.79 Å². The standard InChI is InChI=1S/C14H19N3O3S2/c1-17(22(2,19)20)10-9-15-13(18)7-8-14-16-11-5-3-4-6-12(11)21-14/h3-6H,7-10H2,1-2H3,(H,15,18). The molecule has 0 radical (unpaired) electrons. The van der Waals surface area contributed by atoms with Gasteiger partial charge in [-0.15, -0.1) is 11.3 Å². The van der Waals surface area contributed by atoms with Crippen LogP contribution in [-0.4, -0.2) is 50.0 Å². The third kappa shape index (κ3) is 4.75. The lowest BCUT2D eigenvalue weighted by molar-refractivity contribution is -0.121. The number of hydrogen-bond donors (Lipinski definition) is 1. The SMILES string of the molecule is CN(CCNC(=O)CCc1nc2ccccc2s1)S(C)(=O)=O. The first-order valence-electron chi connectivity index (χ1n) is 6.89. The molecule has 1 amide bonds. The summed E-state index contributed by atoms with van der Waals surface area (Å²) in [5, 5.41) is 3.66. The van der Waals surface area contributed by atoms with Crippen LogP contribution < -0.4 is 5.32 Å². The van der Waals surface area contributed by atoms with Crippen molar-refractivity contribution in [2.45, 2.75) is 12.8 Å². The molecule has 120 valence electrons. The van der Waals surface area contributed by atoms with E-state index < -0.39 is 10.0 Å². The van der Waals surface area contributed by atoms with Crippen molar-refractivity contribution in [2.24, 2.45) is 0 Å². The molecule has 0 aliphatic rings. The van der Waals surface area contributed by atoms with Crippen molar-refractivity contribution in [2.75, 3.05) is 26.4 Å². The van der Waals surface area contributed by atoms with Crippen LogP contribution in [0.3, 0.4) is 0 Å². The highest BCUT2D eigenvalue weighted by Crippen LogP contribution is 2.22. The van der Waals surface area contributed by atoms with Crippen LogP contribution in [0.2, 0.25) is 0 Å². The maximum Gasteiger partial charge on any atom is 0.220 e. The Balaban J connectivity index is 1.76. The lowest BCUT2D eigenvalue weighted by Crippen LogP contribution is -2.35. The van der Waals surface area contributed by atoms with Gasteiger partial charge < -0.3 is 5.32 Å². The summed E-state index contributed by atoms with van der Waals surface area (Å²) in [6.45, 7) is 0.577. The van der Waals surface area contributed by atoms with Gasteiger partial charge >= 0.3 is 0 Å². The number of carbonyl (C=O) groups is 1. The Hall–Kier alpha value is -1.51. The average Bonchev–Trinajstić information content (AvgIpc) is 2.86. The number of para-hydroxylation sites is 1. The number of fused-ring (bicyclic) bond motifs is 1. The molecule has 0 unspecified atom stereocenters. The molecule has 0 atom stereocenters. The van der Waals surface area contributed by atoms with Crippen molar-refractivity contribution in [1.82, 2.24) is 14.6 Å². The van der Waals surface area contributed by atoms with E-state index in [2.05, 4.69) is 10.3 Å². The zero-order chi connectivity index (χ0) is 16.2. The molecule has 0 aliphatic carbocycles. The number of likely N-dealkylation sites (N-methyl/N-ethyl adjacent to an activating group) is 1. The summed E-state index contributed by atoms with van der Waals surface area (Å²) in [5.41, 5.74) is 0.956. The van der Waals surface area contributed by atoms with E-state index in [0.29, 0.717) is 19.4 Å². The van der Waals surface area contributed by atoms with Crippen LogP contribution in [0.1, 0.15) is 11.4 Å². The maximum absolute atomic E-state index is 11.8. The molecule has 1 aromatic carbocycles. The number of thiazole rings is 1. The predicted octanol–water partition coefficient (Wildman–Crippen LogP) is 1.24. The minimum atomic E-state index is -3.20. The highest BCUT2D eigenvalue weighted by Gasteiger charge is 2.11. The Morgan fingerprint density at radius 3 is 2.77 bits per heavy atom. The number of rotatable bonds is 7. The molecule has 1 N–H and O–H groups in total. The molecule has 6 nitrogen and oxygen atoms in total. The smallest absolute Gasteiger partial charge is 0.220 e. The molecule has 0 saturated carbocycles. The number of nitrogens with zero attached hydrogens (tertiary/aromatic N) is 2. The molecule has 22 heavy (non-hydrogen) atoms. The summed E-state index contributed by atoms with van der Waals surface area (Å²) in [4.78, 5) is 16.2. The monoisotopic (exact) mass is 341 g/mol. The number of aryl methyl sites for hydroxylation is 1. The minimum absolute atomic E-state index is 0.0962. The van der Waals surface area contributed by atoms with Crippen molar-refractivity contribution in [3.63, 3.8) is 0 Å². The van der Waals surface area contributed by atoms with E-state index in [1.807, 2.05) is 24.3 Å². The second-order valence-corrected chi connectivity index (χ2v) is 8.21. The van der Waals surface area contributed by atoms with Gasteiger partial charge in [0.1, 0.15) is 0 Å². The van der Waals surface area contributed by atoms with Gasteiger partial charge in [-0.1, -0.05) is 12.1 Å². The Kier molecular flexibility index (Phi) is 5.49. The predicted molar refractivity (Wildman–Crippen MR) is 88.4 cm³/mol. The van der Waals surface area contributed by atoms with Crippen molar-refractivity contribution in [1.29, 1.82) is 0 Å². The van der Waals surface area contributed by atoms with E-state index in [4.69, 9.17) is 0 Å². The summed E-state index contributed by atoms with van der Waals surface area (Å²) in [7, 11) is -1.71. The molecule has 0 saturated heterocycles. The fourth-order valence-corrected chi connectivity index (χ4v) is 3.24. The molecular weight excluding hydrogens is 322 g/mol. The molecule has 8 heteroatoms. The van der Waals surface area contributed by atoms with Crippen LogP contribution in [-0.2, 0) is 21.2 Å². The quantitative estimate of drug-likeness (QED) is 0.822. The summed E-state index contributed by atoms with van der Waals surface area (Å²) in [6.07, 6.45) is 2.08. The van der Waals surface area contributed by atoms with Crippen LogP contribution in [0, 0.1) is 0 Å². The molecule has 1 heterocycles. The molecule has 0 aliphatic heterocycles. The van der Waals surface area contributed by atoms with E-state index in [9.17, 15) is 13.2 Å². The fraction of sp³-hybridized carbons (Fsp3) is 0.429. The van der Waals surface area contributed by atoms with Crippen molar-refractivity contribution >= 4 is 37.5 Å². The van der Waals surface area contributed by atoms with E-state index in [0.717, 1.165) is 21.5 Å². The third-order valence-corrected chi connectivity index (χ3v) is 5.63. The molecule has 1 aromatic heterocycles. The summed E-state index contributed by atoms with van der Waals surface area (Å²) in [6, 6.07) is 7.88. The summed E-state index contributed by atoms with van der Waals surface area (Å²) < 4.78 is 24.7. The molecule has 0 fully saturated rings. The van der Waals surface area contributed by atoms with Gasteiger partial charge in [0.05, 0.1) is 21.5 Å². The van der Waals surface area contributed by atoms with Gasteiger partial charge in [-0.2, -0.15) is 0 Å². The molecule has 0 bridgehead atoms. The fourth-order valence-electron chi connectivity index (χ4n) is 1.85. The van der Waals surface area contributed by atoms with Gasteiger partial charge in [0.2, 0.25) is 15.9 Å². The number of aromatic nitrogens is 1. The van der Waals surface area contributed by atoms with Gasteiger partial charge in [0, 0.05) is 33.0 Å². The second-order valence-electron chi connectivity index (χ2n) is 5.01. The van der Waals surface area contributed by atoms with E-state index in [1.54, 1.807) is 11.3 Å². The Labute approximate surface area is 134 Å². The van der Waals surface area contributed by atoms with Crippen LogP contribution in [0.25, 0.3) is 10.2 Å². The highest BCUT2D eigenvalue weighted by atomic mass is 32.2. The molecule has 2 aromatic rings. The van der Waals surface area contributed by atoms with Crippen molar-refractivity contribution in [3.05, 3.63) is 29.3 Å². The number of nitrogens with one attached hydrogen (secondary N) is 1. The number of carbonyl (C=O) groups excluding carboxylic acids is 1. The maximum atomic E-state index is 11.8. The lowest BCUT2D eigenvalue weighted by atomic mass is 10.3. The van der Waals surface area contributed by atoms with Gasteiger partial charge in [0.25, 0.3) is 0 Å². The second kappa shape index (κ2) is 7.17. The van der Waals surface area contributed by atoms with Gasteiger partial charge in [-0.05, 0) is 12.1 Å². The first-order chi connectivity index (χ1) is 10.4. The average molecular weight is 341 g/mol. The lowest BCUT2D eigenvalue weighted by Gasteiger charge is -2.14. The summed E-state index contributed by atoms with van der Waals surface area (Å²) in [5.74, 6) is -0.0962. The topological polar surface area (TPSA) is 79.4 Å². The largest absolute Gasteiger partial charge is 0.355 e. The molecule has 2 rings (SSSR count). The first kappa shape index (κ1) is 16.9. The van der Waals surface area contributed by atoms with E-state index in [-0.39, 0.29) is 12.5 Å². The van der Waals surface area contributed by atoms with Crippen molar-refractivity contribution in [3.8, 4) is 0 Å². The third-order valence-electron chi connectivity index (χ3n) is 3.22. The van der Waals surface area contributed by atoms with Crippen LogP contribution in [0.5, 0.6) is 0 Å². The molecular formula is C14H19N3O3S2. The highest BCUT2D eigenvalue weighted by molar-refractivity contribution is 7.88. The summed E-state index contributed by atoms with van der Waals surface area (Å²) >= 11 is 1.59. The first-order valence-corrected chi connectivity index (χ1v) is 9.55. The minimum Gasteiger partial charge on any atom is -0.355 e. The zero-order valence-corrected chi connectivity index (χ0v) is 14.2. The van der Waals surface area contributed by atoms with E-state index >= 15 is 0 Å². The molecule has 0 spiro atoms. The van der Waals surface area contributed by atoms with Crippen LogP contribution in [0.4, 0.5) is 0 Å². The number of sulfonamides is 1. The van der Waals surface area contributed by atoms with Crippen molar-refractivity contribution < 1.29 is 13.2 Å².